The Labute approximate surface area is 113 Å². The van der Waals surface area contributed by atoms with Gasteiger partial charge < -0.3 is 14.6 Å². The van der Waals surface area contributed by atoms with E-state index in [0.29, 0.717) is 11.7 Å². The molecule has 0 aliphatic carbocycles. The number of aromatic nitrogens is 2. The first-order valence-electron chi connectivity index (χ1n) is 6.31. The number of hydrogen-bond acceptors (Lipinski definition) is 5. The molecule has 0 saturated heterocycles. The van der Waals surface area contributed by atoms with E-state index in [0.717, 1.165) is 11.3 Å². The van der Waals surface area contributed by atoms with Crippen LogP contribution in [0.1, 0.15) is 25.8 Å². The summed E-state index contributed by atoms with van der Waals surface area (Å²) in [7, 11) is 3.52. The van der Waals surface area contributed by atoms with Crippen LogP contribution in [0.3, 0.4) is 0 Å². The average Bonchev–Trinajstić information content (AvgIpc) is 2.88. The van der Waals surface area contributed by atoms with Gasteiger partial charge in [0.05, 0.1) is 5.56 Å². The first-order valence-corrected chi connectivity index (χ1v) is 6.31. The number of benzene rings is 1. The normalized spacial score (nSPS) is 12.7. The lowest BCUT2D eigenvalue weighted by Crippen LogP contribution is -2.10. The fourth-order valence-electron chi connectivity index (χ4n) is 2.02. The van der Waals surface area contributed by atoms with Gasteiger partial charge in [-0.2, -0.15) is 4.98 Å². The van der Waals surface area contributed by atoms with Crippen LogP contribution in [0.4, 0.5) is 5.69 Å². The highest BCUT2D eigenvalue weighted by Crippen LogP contribution is 2.29. The lowest BCUT2D eigenvalue weighted by Gasteiger charge is -2.14. The summed E-state index contributed by atoms with van der Waals surface area (Å²) in [4.78, 5) is 4.44. The molecule has 19 heavy (non-hydrogen) atoms. The van der Waals surface area contributed by atoms with Crippen LogP contribution in [0, 0.1) is 5.92 Å². The Morgan fingerprint density at radius 2 is 2.00 bits per heavy atom. The van der Waals surface area contributed by atoms with Crippen molar-refractivity contribution in [3.05, 3.63) is 30.1 Å². The molecule has 0 radical (unpaired) electrons. The smallest absolute Gasteiger partial charge is 0.260 e. The molecule has 0 amide bonds. The topological polar surface area (TPSA) is 60.2 Å². The van der Waals surface area contributed by atoms with E-state index in [-0.39, 0.29) is 12.0 Å². The summed E-state index contributed by atoms with van der Waals surface area (Å²) in [5, 5.41) is 7.13. The number of hydrogen-bond donors (Lipinski definition) is 1. The number of rotatable bonds is 5. The Bertz CT molecular complexity index is 537. The van der Waals surface area contributed by atoms with E-state index in [2.05, 4.69) is 29.3 Å². The summed E-state index contributed by atoms with van der Waals surface area (Å²) >= 11 is 0. The molecule has 102 valence electrons. The summed E-state index contributed by atoms with van der Waals surface area (Å²) in [6.07, 6.45) is -0.153. The van der Waals surface area contributed by atoms with Gasteiger partial charge in [-0.05, 0) is 18.1 Å². The van der Waals surface area contributed by atoms with Crippen molar-refractivity contribution in [3.63, 3.8) is 0 Å². The van der Waals surface area contributed by atoms with E-state index in [1.807, 2.05) is 31.3 Å². The van der Waals surface area contributed by atoms with Crippen molar-refractivity contribution >= 4 is 5.69 Å². The Balaban J connectivity index is 2.35. The zero-order valence-corrected chi connectivity index (χ0v) is 11.7. The van der Waals surface area contributed by atoms with Gasteiger partial charge in [0, 0.05) is 19.8 Å². The van der Waals surface area contributed by atoms with Gasteiger partial charge >= 0.3 is 0 Å². The molecule has 0 saturated carbocycles. The van der Waals surface area contributed by atoms with Crippen LogP contribution in [-0.4, -0.2) is 24.3 Å². The molecule has 0 aliphatic heterocycles. The van der Waals surface area contributed by atoms with E-state index < -0.39 is 0 Å². The van der Waals surface area contributed by atoms with Gasteiger partial charge in [-0.1, -0.05) is 31.1 Å². The standard InChI is InChI=1S/C14H19N3O2/c1-9(2)12(18-4)13-16-14(19-17-13)10-7-5-6-8-11(10)15-3/h5-9,12,15H,1-4H3. The van der Waals surface area contributed by atoms with E-state index in [4.69, 9.17) is 9.26 Å². The number of para-hydroxylation sites is 1. The molecule has 0 spiro atoms. The second kappa shape index (κ2) is 5.84. The van der Waals surface area contributed by atoms with Crippen LogP contribution < -0.4 is 5.32 Å². The minimum absolute atomic E-state index is 0.153. The second-order valence-corrected chi connectivity index (χ2v) is 4.65. The highest BCUT2D eigenvalue weighted by atomic mass is 16.5. The molecule has 1 unspecified atom stereocenters. The van der Waals surface area contributed by atoms with Gasteiger partial charge in [-0.25, -0.2) is 0 Å². The fraction of sp³-hybridized carbons (Fsp3) is 0.429. The molecule has 2 aromatic rings. The van der Waals surface area contributed by atoms with Gasteiger partial charge in [-0.3, -0.25) is 0 Å². The molecule has 0 aliphatic rings. The minimum atomic E-state index is -0.153. The maximum absolute atomic E-state index is 5.40. The Kier molecular flexibility index (Phi) is 4.16. The number of ether oxygens (including phenoxy) is 1. The highest BCUT2D eigenvalue weighted by Gasteiger charge is 2.22. The molecule has 1 heterocycles. The van der Waals surface area contributed by atoms with E-state index >= 15 is 0 Å². The third-order valence-corrected chi connectivity index (χ3v) is 2.98. The maximum atomic E-state index is 5.40. The van der Waals surface area contributed by atoms with Crippen LogP contribution >= 0.6 is 0 Å². The van der Waals surface area contributed by atoms with Gasteiger partial charge in [0.1, 0.15) is 6.10 Å². The summed E-state index contributed by atoms with van der Waals surface area (Å²) in [5.41, 5.74) is 1.85. The lowest BCUT2D eigenvalue weighted by molar-refractivity contribution is 0.0556. The third kappa shape index (κ3) is 2.76. The number of methoxy groups -OCH3 is 1. The summed E-state index contributed by atoms with van der Waals surface area (Å²) in [6, 6.07) is 7.81. The van der Waals surface area contributed by atoms with Crippen LogP contribution in [0.5, 0.6) is 0 Å². The first kappa shape index (κ1) is 13.5. The Morgan fingerprint density at radius 3 is 2.63 bits per heavy atom. The van der Waals surface area contributed by atoms with Crippen molar-refractivity contribution < 1.29 is 9.26 Å². The van der Waals surface area contributed by atoms with E-state index in [9.17, 15) is 0 Å². The predicted molar refractivity (Wildman–Crippen MR) is 73.9 cm³/mol. The van der Waals surface area contributed by atoms with E-state index in [1.165, 1.54) is 0 Å². The molecule has 2 rings (SSSR count). The largest absolute Gasteiger partial charge is 0.387 e. The molecule has 5 heteroatoms. The molecular formula is C14H19N3O2. The molecule has 0 fully saturated rings. The number of anilines is 1. The molecule has 0 bridgehead atoms. The SMILES string of the molecule is CNc1ccccc1-c1nc(C(OC)C(C)C)no1. The van der Waals surface area contributed by atoms with Crippen molar-refractivity contribution in [3.8, 4) is 11.5 Å². The number of nitrogens with one attached hydrogen (secondary N) is 1. The fourth-order valence-corrected chi connectivity index (χ4v) is 2.02. The second-order valence-electron chi connectivity index (χ2n) is 4.65. The quantitative estimate of drug-likeness (QED) is 0.896. The van der Waals surface area contributed by atoms with E-state index in [1.54, 1.807) is 7.11 Å². The van der Waals surface area contributed by atoms with Gasteiger partial charge in [0.25, 0.3) is 5.89 Å². The molecular weight excluding hydrogens is 242 g/mol. The average molecular weight is 261 g/mol. The van der Waals surface area contributed by atoms with Crippen molar-refractivity contribution in [2.75, 3.05) is 19.5 Å². The van der Waals surface area contributed by atoms with Crippen LogP contribution in [0.25, 0.3) is 11.5 Å². The maximum Gasteiger partial charge on any atom is 0.260 e. The van der Waals surface area contributed by atoms with Crippen LogP contribution in [0.15, 0.2) is 28.8 Å². The Hall–Kier alpha value is -1.88. The zero-order chi connectivity index (χ0) is 13.8. The van der Waals surface area contributed by atoms with Gasteiger partial charge in [0.15, 0.2) is 0 Å². The van der Waals surface area contributed by atoms with Crippen molar-refractivity contribution in [1.29, 1.82) is 0 Å². The van der Waals surface area contributed by atoms with Gasteiger partial charge in [-0.15, -0.1) is 0 Å². The molecule has 5 nitrogen and oxygen atoms in total. The summed E-state index contributed by atoms with van der Waals surface area (Å²) in [6.45, 7) is 4.12. The van der Waals surface area contributed by atoms with Crippen LogP contribution in [-0.2, 0) is 4.74 Å². The minimum Gasteiger partial charge on any atom is -0.387 e. The third-order valence-electron chi connectivity index (χ3n) is 2.98. The van der Waals surface area contributed by atoms with Crippen molar-refractivity contribution in [2.24, 2.45) is 5.92 Å². The predicted octanol–water partition coefficient (Wildman–Crippen LogP) is 3.12. The van der Waals surface area contributed by atoms with Gasteiger partial charge in [0.2, 0.25) is 5.82 Å². The number of nitrogens with zero attached hydrogens (tertiary/aromatic N) is 2. The molecule has 1 N–H and O–H groups in total. The molecule has 1 aromatic heterocycles. The van der Waals surface area contributed by atoms with Crippen molar-refractivity contribution in [1.82, 2.24) is 10.1 Å². The van der Waals surface area contributed by atoms with Crippen LogP contribution in [0.2, 0.25) is 0 Å². The zero-order valence-electron chi connectivity index (χ0n) is 11.7. The summed E-state index contributed by atoms with van der Waals surface area (Å²) in [5.74, 6) is 1.37. The Morgan fingerprint density at radius 1 is 1.26 bits per heavy atom. The molecule has 1 atom stereocenters. The first-order chi connectivity index (χ1) is 9.17. The summed E-state index contributed by atoms with van der Waals surface area (Å²) < 4.78 is 10.7. The lowest BCUT2D eigenvalue weighted by atomic mass is 10.1. The van der Waals surface area contributed by atoms with Crippen molar-refractivity contribution in [2.45, 2.75) is 20.0 Å². The monoisotopic (exact) mass is 261 g/mol. The highest BCUT2D eigenvalue weighted by molar-refractivity contribution is 5.72. The molecule has 1 aromatic carbocycles.